The lowest BCUT2D eigenvalue weighted by molar-refractivity contribution is -0.0746. The van der Waals surface area contributed by atoms with Gasteiger partial charge in [-0.05, 0) is 59.4 Å². The molecule has 0 aliphatic heterocycles. The Labute approximate surface area is 179 Å². The topological polar surface area (TPSA) is 95.0 Å². The predicted molar refractivity (Wildman–Crippen MR) is 121 cm³/mol. The van der Waals surface area contributed by atoms with E-state index in [1.165, 1.54) is 0 Å². The third-order valence-electron chi connectivity index (χ3n) is 4.63. The van der Waals surface area contributed by atoms with Gasteiger partial charge >= 0.3 is 0 Å². The maximum Gasteiger partial charge on any atom is 0.0875 e. The zero-order valence-electron chi connectivity index (χ0n) is 20.1. The Kier molecular flexibility index (Phi) is 14.6. The molecular weight excluding hydrogens is 368 g/mol. The first-order valence-electron chi connectivity index (χ1n) is 11.0. The molecule has 0 atom stereocenters. The molecule has 0 rings (SSSR count). The smallest absolute Gasteiger partial charge is 0.0875 e. The van der Waals surface area contributed by atoms with E-state index in [1.807, 2.05) is 0 Å². The van der Waals surface area contributed by atoms with Gasteiger partial charge in [0.15, 0.2) is 0 Å². The van der Waals surface area contributed by atoms with Crippen LogP contribution in [0.1, 0.15) is 67.7 Å². The average Bonchev–Trinajstić information content (AvgIpc) is 2.60. The number of likely N-dealkylation sites (N-methyl/N-ethyl adjacent to an activating group) is 1. The molecule has 0 aliphatic carbocycles. The first kappa shape index (κ1) is 28.1. The van der Waals surface area contributed by atoms with Gasteiger partial charge in [0.1, 0.15) is 0 Å². The standard InChI is InChI=1S/C22H48N4O3/c1-8-25-12-16-29-22(6,7)11-15-28-21(4,5)10-13-26(24)17-20(23)18-27-14-9-19(2)3/h17,19,25H,8-16,18,23-24H2,1-7H3/b20-17-. The van der Waals surface area contributed by atoms with E-state index >= 15 is 0 Å². The van der Waals surface area contributed by atoms with E-state index in [9.17, 15) is 0 Å². The summed E-state index contributed by atoms with van der Waals surface area (Å²) in [5, 5.41) is 4.88. The molecule has 0 aromatic heterocycles. The number of hydrogen-bond donors (Lipinski definition) is 3. The molecule has 0 unspecified atom stereocenters. The summed E-state index contributed by atoms with van der Waals surface area (Å²) in [4.78, 5) is 0. The van der Waals surface area contributed by atoms with Gasteiger partial charge in [-0.15, -0.1) is 0 Å². The van der Waals surface area contributed by atoms with Crippen molar-refractivity contribution in [2.75, 3.05) is 46.1 Å². The van der Waals surface area contributed by atoms with Gasteiger partial charge in [0.25, 0.3) is 0 Å². The number of rotatable bonds is 18. The minimum Gasteiger partial charge on any atom is -0.399 e. The van der Waals surface area contributed by atoms with Crippen molar-refractivity contribution in [1.82, 2.24) is 10.3 Å². The quantitative estimate of drug-likeness (QED) is 0.180. The molecule has 0 heterocycles. The van der Waals surface area contributed by atoms with Crippen molar-refractivity contribution in [1.29, 1.82) is 0 Å². The van der Waals surface area contributed by atoms with Crippen LogP contribution >= 0.6 is 0 Å². The first-order chi connectivity index (χ1) is 13.5. The molecule has 0 spiro atoms. The highest BCUT2D eigenvalue weighted by Gasteiger charge is 2.23. The Bertz CT molecular complexity index is 440. The zero-order chi connectivity index (χ0) is 22.3. The number of nitrogens with zero attached hydrogens (tertiary/aromatic N) is 1. The van der Waals surface area contributed by atoms with Crippen LogP contribution in [0.3, 0.4) is 0 Å². The molecule has 0 saturated carbocycles. The molecule has 0 radical (unpaired) electrons. The fraction of sp³-hybridized carbons (Fsp3) is 0.909. The Morgan fingerprint density at radius 3 is 2.28 bits per heavy atom. The van der Waals surface area contributed by atoms with Crippen molar-refractivity contribution < 1.29 is 14.2 Å². The number of nitrogens with two attached hydrogens (primary N) is 2. The lowest BCUT2D eigenvalue weighted by Gasteiger charge is -2.30. The molecule has 5 N–H and O–H groups in total. The number of nitrogens with one attached hydrogen (secondary N) is 1. The van der Waals surface area contributed by atoms with E-state index in [0.717, 1.165) is 32.4 Å². The third kappa shape index (κ3) is 17.7. The SMILES string of the molecule is CCNCCOC(C)(C)CCOC(C)(C)CCN(N)/C=C(\N)COCCC(C)C. The average molecular weight is 417 g/mol. The molecule has 0 fully saturated rings. The lowest BCUT2D eigenvalue weighted by atomic mass is 10.0. The fourth-order valence-corrected chi connectivity index (χ4v) is 2.52. The second-order valence-electron chi connectivity index (χ2n) is 9.25. The zero-order valence-corrected chi connectivity index (χ0v) is 20.1. The van der Waals surface area contributed by atoms with Gasteiger partial charge in [-0.1, -0.05) is 20.8 Å². The second kappa shape index (κ2) is 15.0. The summed E-state index contributed by atoms with van der Waals surface area (Å²) in [5.74, 6) is 6.68. The predicted octanol–water partition coefficient (Wildman–Crippen LogP) is 3.01. The monoisotopic (exact) mass is 416 g/mol. The highest BCUT2D eigenvalue weighted by Crippen LogP contribution is 2.19. The van der Waals surface area contributed by atoms with Crippen molar-refractivity contribution in [3.63, 3.8) is 0 Å². The molecule has 174 valence electrons. The van der Waals surface area contributed by atoms with Gasteiger partial charge in [0.2, 0.25) is 0 Å². The van der Waals surface area contributed by atoms with Crippen LogP contribution in [0, 0.1) is 5.92 Å². The normalized spacial score (nSPS) is 13.3. The second-order valence-corrected chi connectivity index (χ2v) is 9.25. The van der Waals surface area contributed by atoms with Crippen molar-refractivity contribution in [3.05, 3.63) is 11.9 Å². The lowest BCUT2D eigenvalue weighted by Crippen LogP contribution is -2.36. The van der Waals surface area contributed by atoms with Crippen LogP contribution in [0.25, 0.3) is 0 Å². The highest BCUT2D eigenvalue weighted by atomic mass is 16.5. The summed E-state index contributed by atoms with van der Waals surface area (Å²) < 4.78 is 17.6. The van der Waals surface area contributed by atoms with Crippen LogP contribution in [0.4, 0.5) is 0 Å². The molecule has 7 nitrogen and oxygen atoms in total. The van der Waals surface area contributed by atoms with Crippen LogP contribution in [0.2, 0.25) is 0 Å². The van der Waals surface area contributed by atoms with Gasteiger partial charge < -0.3 is 30.3 Å². The Balaban J connectivity index is 4.09. The Morgan fingerprint density at radius 2 is 1.66 bits per heavy atom. The Hall–Kier alpha value is -0.860. The van der Waals surface area contributed by atoms with E-state index in [1.54, 1.807) is 11.2 Å². The number of hydrazine groups is 1. The fourth-order valence-electron chi connectivity index (χ4n) is 2.52. The van der Waals surface area contributed by atoms with Gasteiger partial charge in [-0.2, -0.15) is 0 Å². The van der Waals surface area contributed by atoms with E-state index in [4.69, 9.17) is 25.8 Å². The summed E-state index contributed by atoms with van der Waals surface area (Å²) in [6, 6.07) is 0. The molecule has 0 aliphatic rings. The van der Waals surface area contributed by atoms with E-state index < -0.39 is 0 Å². The van der Waals surface area contributed by atoms with Crippen LogP contribution < -0.4 is 16.9 Å². The van der Waals surface area contributed by atoms with Crippen LogP contribution in [-0.2, 0) is 14.2 Å². The maximum absolute atomic E-state index is 6.10. The van der Waals surface area contributed by atoms with E-state index in [-0.39, 0.29) is 11.2 Å². The number of ether oxygens (including phenoxy) is 3. The van der Waals surface area contributed by atoms with Crippen LogP contribution in [0.15, 0.2) is 11.9 Å². The number of hydrogen-bond acceptors (Lipinski definition) is 7. The van der Waals surface area contributed by atoms with E-state index in [0.29, 0.717) is 44.6 Å². The van der Waals surface area contributed by atoms with Crippen LogP contribution in [-0.4, -0.2) is 62.3 Å². The summed E-state index contributed by atoms with van der Waals surface area (Å²) >= 11 is 0. The Morgan fingerprint density at radius 1 is 1.03 bits per heavy atom. The summed E-state index contributed by atoms with van der Waals surface area (Å²) in [6.45, 7) is 19.8. The summed E-state index contributed by atoms with van der Waals surface area (Å²) in [5.41, 5.74) is 6.15. The van der Waals surface area contributed by atoms with Gasteiger partial charge in [-0.3, -0.25) is 0 Å². The maximum atomic E-state index is 6.10. The third-order valence-corrected chi connectivity index (χ3v) is 4.63. The van der Waals surface area contributed by atoms with Gasteiger partial charge in [-0.25, -0.2) is 5.84 Å². The molecule has 0 amide bonds. The minimum absolute atomic E-state index is 0.196. The van der Waals surface area contributed by atoms with Crippen molar-refractivity contribution in [2.45, 2.75) is 78.9 Å². The molecule has 0 bridgehead atoms. The highest BCUT2D eigenvalue weighted by molar-refractivity contribution is 4.95. The van der Waals surface area contributed by atoms with Crippen molar-refractivity contribution in [2.24, 2.45) is 17.5 Å². The minimum atomic E-state index is -0.270. The molecule has 0 saturated heterocycles. The largest absolute Gasteiger partial charge is 0.399 e. The molecule has 7 heteroatoms. The molecule has 29 heavy (non-hydrogen) atoms. The molecular formula is C22H48N4O3. The van der Waals surface area contributed by atoms with E-state index in [2.05, 4.69) is 53.8 Å². The summed E-state index contributed by atoms with van der Waals surface area (Å²) in [7, 11) is 0. The molecule has 0 aromatic carbocycles. The van der Waals surface area contributed by atoms with Gasteiger partial charge in [0.05, 0.1) is 36.7 Å². The van der Waals surface area contributed by atoms with Crippen molar-refractivity contribution in [3.8, 4) is 0 Å². The summed E-state index contributed by atoms with van der Waals surface area (Å²) in [6.07, 6.45) is 4.41. The molecule has 0 aromatic rings. The van der Waals surface area contributed by atoms with Gasteiger partial charge in [0, 0.05) is 25.9 Å². The first-order valence-corrected chi connectivity index (χ1v) is 11.0. The van der Waals surface area contributed by atoms with Crippen molar-refractivity contribution >= 4 is 0 Å². The van der Waals surface area contributed by atoms with Crippen LogP contribution in [0.5, 0.6) is 0 Å².